The average molecular weight is 247 g/mol. The van der Waals surface area contributed by atoms with Gasteiger partial charge in [-0.1, -0.05) is 0 Å². The molecule has 0 aliphatic rings. The smallest absolute Gasteiger partial charge is 0.272 e. The van der Waals surface area contributed by atoms with Crippen LogP contribution in [0.4, 0.5) is 10.1 Å². The first kappa shape index (κ1) is 12.0. The molecule has 0 heterocycles. The van der Waals surface area contributed by atoms with Gasteiger partial charge in [-0.25, -0.2) is 4.39 Å². The standard InChI is InChI=1S/C13H10FNO3/c1-9-8-12(6-7-13(9)15(16)17)18-11-4-2-10(14)3-5-11/h2-8H,1H3. The molecule has 0 saturated heterocycles. The van der Waals surface area contributed by atoms with Gasteiger partial charge in [-0.3, -0.25) is 10.1 Å². The molecule has 4 nitrogen and oxygen atoms in total. The van der Waals surface area contributed by atoms with Crippen molar-refractivity contribution in [2.75, 3.05) is 0 Å². The average Bonchev–Trinajstić information content (AvgIpc) is 2.32. The fraction of sp³-hybridized carbons (Fsp3) is 0.0769. The van der Waals surface area contributed by atoms with Crippen molar-refractivity contribution in [1.29, 1.82) is 0 Å². The van der Waals surface area contributed by atoms with Crippen LogP contribution in [-0.4, -0.2) is 4.92 Å². The summed E-state index contributed by atoms with van der Waals surface area (Å²) in [6.07, 6.45) is 0. The summed E-state index contributed by atoms with van der Waals surface area (Å²) in [6, 6.07) is 10.0. The molecule has 0 aromatic heterocycles. The molecule has 0 N–H and O–H groups in total. The van der Waals surface area contributed by atoms with Crippen molar-refractivity contribution >= 4 is 5.69 Å². The third kappa shape index (κ3) is 2.63. The van der Waals surface area contributed by atoms with Gasteiger partial charge < -0.3 is 4.74 Å². The fourth-order valence-corrected chi connectivity index (χ4v) is 1.54. The number of nitrogens with zero attached hydrogens (tertiary/aromatic N) is 1. The van der Waals surface area contributed by atoms with Crippen LogP contribution >= 0.6 is 0 Å². The quantitative estimate of drug-likeness (QED) is 0.611. The summed E-state index contributed by atoms with van der Waals surface area (Å²) in [5.74, 6) is 0.608. The number of hydrogen-bond donors (Lipinski definition) is 0. The summed E-state index contributed by atoms with van der Waals surface area (Å²) in [4.78, 5) is 10.2. The molecule has 92 valence electrons. The highest BCUT2D eigenvalue weighted by Gasteiger charge is 2.10. The molecule has 0 radical (unpaired) electrons. The van der Waals surface area contributed by atoms with Crippen LogP contribution in [0.2, 0.25) is 0 Å². The van der Waals surface area contributed by atoms with Gasteiger partial charge in [0.15, 0.2) is 0 Å². The molecule has 0 unspecified atom stereocenters. The number of halogens is 1. The number of hydrogen-bond acceptors (Lipinski definition) is 3. The maximum Gasteiger partial charge on any atom is 0.272 e. The van der Waals surface area contributed by atoms with Gasteiger partial charge in [0, 0.05) is 11.6 Å². The molecule has 2 aromatic carbocycles. The van der Waals surface area contributed by atoms with Crippen LogP contribution in [0.3, 0.4) is 0 Å². The maximum absolute atomic E-state index is 12.7. The largest absolute Gasteiger partial charge is 0.457 e. The number of benzene rings is 2. The molecule has 0 fully saturated rings. The summed E-state index contributed by atoms with van der Waals surface area (Å²) < 4.78 is 18.2. The summed E-state index contributed by atoms with van der Waals surface area (Å²) in [6.45, 7) is 1.63. The van der Waals surface area contributed by atoms with Crippen LogP contribution in [0.25, 0.3) is 0 Å². The highest BCUT2D eigenvalue weighted by Crippen LogP contribution is 2.27. The van der Waals surface area contributed by atoms with E-state index in [2.05, 4.69) is 0 Å². The molecule has 0 amide bonds. The Labute approximate surface area is 103 Å². The zero-order chi connectivity index (χ0) is 13.1. The first-order valence-corrected chi connectivity index (χ1v) is 5.25. The highest BCUT2D eigenvalue weighted by atomic mass is 19.1. The SMILES string of the molecule is Cc1cc(Oc2ccc(F)cc2)ccc1[N+](=O)[O-]. The zero-order valence-electron chi connectivity index (χ0n) is 9.59. The molecular weight excluding hydrogens is 237 g/mol. The first-order valence-electron chi connectivity index (χ1n) is 5.25. The Morgan fingerprint density at radius 2 is 1.72 bits per heavy atom. The van der Waals surface area contributed by atoms with Crippen molar-refractivity contribution in [3.63, 3.8) is 0 Å². The van der Waals surface area contributed by atoms with Gasteiger partial charge >= 0.3 is 0 Å². The van der Waals surface area contributed by atoms with Crippen molar-refractivity contribution in [2.24, 2.45) is 0 Å². The van der Waals surface area contributed by atoms with E-state index >= 15 is 0 Å². The van der Waals surface area contributed by atoms with Crippen LogP contribution in [0, 0.1) is 22.9 Å². The Balaban J connectivity index is 2.22. The van der Waals surface area contributed by atoms with Gasteiger partial charge in [0.05, 0.1) is 4.92 Å². The van der Waals surface area contributed by atoms with Gasteiger partial charge in [0.2, 0.25) is 0 Å². The Bertz CT molecular complexity index is 581. The lowest BCUT2D eigenvalue weighted by molar-refractivity contribution is -0.385. The predicted octanol–water partition coefficient (Wildman–Crippen LogP) is 3.83. The van der Waals surface area contributed by atoms with Crippen molar-refractivity contribution in [2.45, 2.75) is 6.92 Å². The topological polar surface area (TPSA) is 52.4 Å². The van der Waals surface area contributed by atoms with E-state index in [1.54, 1.807) is 13.0 Å². The molecule has 5 heteroatoms. The molecule has 0 atom stereocenters. The molecule has 2 rings (SSSR count). The van der Waals surface area contributed by atoms with Crippen LogP contribution in [0.1, 0.15) is 5.56 Å². The highest BCUT2D eigenvalue weighted by molar-refractivity contribution is 5.45. The Morgan fingerprint density at radius 1 is 1.11 bits per heavy atom. The van der Waals surface area contributed by atoms with Gasteiger partial charge in [0.25, 0.3) is 5.69 Å². The van der Waals surface area contributed by atoms with Crippen molar-refractivity contribution in [1.82, 2.24) is 0 Å². The van der Waals surface area contributed by atoms with Gasteiger partial charge in [-0.2, -0.15) is 0 Å². The summed E-state index contributed by atoms with van der Waals surface area (Å²) in [5.41, 5.74) is 0.557. The van der Waals surface area contributed by atoms with E-state index in [-0.39, 0.29) is 11.5 Å². The van der Waals surface area contributed by atoms with Crippen LogP contribution < -0.4 is 4.74 Å². The molecule has 0 spiro atoms. The fourth-order valence-electron chi connectivity index (χ4n) is 1.54. The maximum atomic E-state index is 12.7. The van der Waals surface area contributed by atoms with Gasteiger partial charge in [0.1, 0.15) is 17.3 Å². The predicted molar refractivity (Wildman–Crippen MR) is 64.3 cm³/mol. The molecule has 0 saturated carbocycles. The third-order valence-corrected chi connectivity index (χ3v) is 2.41. The minimum Gasteiger partial charge on any atom is -0.457 e. The van der Waals surface area contributed by atoms with E-state index in [4.69, 9.17) is 4.74 Å². The molecular formula is C13H10FNO3. The zero-order valence-corrected chi connectivity index (χ0v) is 9.59. The molecule has 0 aliphatic carbocycles. The van der Waals surface area contributed by atoms with Crippen molar-refractivity contribution < 1.29 is 14.1 Å². The molecule has 0 aliphatic heterocycles. The van der Waals surface area contributed by atoms with E-state index in [0.717, 1.165) is 0 Å². The minimum atomic E-state index is -0.447. The number of nitro benzene ring substituents is 1. The van der Waals surface area contributed by atoms with Gasteiger partial charge in [-0.15, -0.1) is 0 Å². The Kier molecular flexibility index (Phi) is 3.23. The lowest BCUT2D eigenvalue weighted by Crippen LogP contribution is -1.92. The summed E-state index contributed by atoms with van der Waals surface area (Å²) in [5, 5.41) is 10.7. The molecule has 18 heavy (non-hydrogen) atoms. The van der Waals surface area contributed by atoms with E-state index in [1.807, 2.05) is 0 Å². The number of rotatable bonds is 3. The first-order chi connectivity index (χ1) is 8.56. The third-order valence-electron chi connectivity index (χ3n) is 2.41. The molecule has 2 aromatic rings. The summed E-state index contributed by atoms with van der Waals surface area (Å²) in [7, 11) is 0. The second-order valence-corrected chi connectivity index (χ2v) is 3.76. The van der Waals surface area contributed by atoms with Gasteiger partial charge in [-0.05, 0) is 43.3 Å². The minimum absolute atomic E-state index is 0.0430. The molecule has 0 bridgehead atoms. The van der Waals surface area contributed by atoms with E-state index in [9.17, 15) is 14.5 Å². The van der Waals surface area contributed by atoms with Crippen LogP contribution in [0.15, 0.2) is 42.5 Å². The number of aryl methyl sites for hydroxylation is 1. The number of ether oxygens (including phenoxy) is 1. The van der Waals surface area contributed by atoms with Crippen molar-refractivity contribution in [3.05, 3.63) is 64.0 Å². The van der Waals surface area contributed by atoms with E-state index < -0.39 is 4.92 Å². The van der Waals surface area contributed by atoms with Crippen LogP contribution in [-0.2, 0) is 0 Å². The monoisotopic (exact) mass is 247 g/mol. The second-order valence-electron chi connectivity index (χ2n) is 3.76. The lowest BCUT2D eigenvalue weighted by Gasteiger charge is -2.06. The normalized spacial score (nSPS) is 10.1. The Hall–Kier alpha value is -2.43. The second kappa shape index (κ2) is 4.83. The lowest BCUT2D eigenvalue weighted by atomic mass is 10.2. The summed E-state index contributed by atoms with van der Waals surface area (Å²) >= 11 is 0. The van der Waals surface area contributed by atoms with Crippen LogP contribution in [0.5, 0.6) is 11.5 Å². The Morgan fingerprint density at radius 3 is 2.28 bits per heavy atom. The van der Waals surface area contributed by atoms with E-state index in [0.29, 0.717) is 17.1 Å². The van der Waals surface area contributed by atoms with E-state index in [1.165, 1.54) is 36.4 Å². The van der Waals surface area contributed by atoms with Crippen molar-refractivity contribution in [3.8, 4) is 11.5 Å². The number of nitro groups is 1.